The lowest BCUT2D eigenvalue weighted by molar-refractivity contribution is -0.115. The van der Waals surface area contributed by atoms with Crippen LogP contribution in [-0.4, -0.2) is 20.9 Å². The van der Waals surface area contributed by atoms with E-state index in [0.717, 1.165) is 17.3 Å². The molecule has 1 aromatic carbocycles. The summed E-state index contributed by atoms with van der Waals surface area (Å²) in [6.07, 6.45) is 1.70. The zero-order valence-corrected chi connectivity index (χ0v) is 14.5. The van der Waals surface area contributed by atoms with Gasteiger partial charge in [0.1, 0.15) is 5.82 Å². The molecule has 0 bridgehead atoms. The molecule has 1 heterocycles. The van der Waals surface area contributed by atoms with Crippen molar-refractivity contribution in [2.75, 3.05) is 5.32 Å². The third-order valence-electron chi connectivity index (χ3n) is 3.00. The lowest BCUT2D eigenvalue weighted by atomic mass is 10.2. The van der Waals surface area contributed by atoms with Gasteiger partial charge >= 0.3 is 0 Å². The van der Waals surface area contributed by atoms with E-state index in [9.17, 15) is 4.79 Å². The molecule has 1 aromatic heterocycles. The smallest absolute Gasteiger partial charge is 0.238 e. The molecule has 1 atom stereocenters. The third-order valence-corrected chi connectivity index (χ3v) is 4.37. The predicted octanol–water partition coefficient (Wildman–Crippen LogP) is 4.31. The molecule has 1 N–H and O–H groups in total. The van der Waals surface area contributed by atoms with E-state index in [2.05, 4.69) is 24.3 Å². The Balaban J connectivity index is 1.96. The first-order valence-electron chi connectivity index (χ1n) is 7.20. The number of aromatic nitrogens is 2. The van der Waals surface area contributed by atoms with Crippen LogP contribution in [0.1, 0.15) is 20.8 Å². The Bertz CT molecular complexity index is 625. The molecule has 6 heteroatoms. The molecule has 0 aliphatic rings. The number of thioether (sulfide) groups is 1. The monoisotopic (exact) mass is 337 g/mol. The summed E-state index contributed by atoms with van der Waals surface area (Å²) in [5.74, 6) is 1.17. The normalized spacial score (nSPS) is 12.4. The molecule has 22 heavy (non-hydrogen) atoms. The van der Waals surface area contributed by atoms with Gasteiger partial charge in [-0.25, -0.2) is 4.68 Å². The summed E-state index contributed by atoms with van der Waals surface area (Å²) >= 11 is 7.37. The van der Waals surface area contributed by atoms with Crippen LogP contribution < -0.4 is 5.32 Å². The number of halogens is 1. The molecule has 2 aromatic rings. The molecule has 2 rings (SSSR count). The van der Waals surface area contributed by atoms with Crippen molar-refractivity contribution in [1.29, 1.82) is 0 Å². The van der Waals surface area contributed by atoms with E-state index in [1.54, 1.807) is 6.20 Å². The number of nitrogens with zero attached hydrogens (tertiary/aromatic N) is 2. The molecule has 0 spiro atoms. The number of anilines is 1. The molecular formula is C16H20ClN3OS. The topological polar surface area (TPSA) is 46.9 Å². The van der Waals surface area contributed by atoms with Gasteiger partial charge in [0, 0.05) is 22.5 Å². The van der Waals surface area contributed by atoms with E-state index in [0.29, 0.717) is 10.9 Å². The molecule has 4 nitrogen and oxygen atoms in total. The van der Waals surface area contributed by atoms with Crippen molar-refractivity contribution in [3.05, 3.63) is 41.6 Å². The molecular weight excluding hydrogens is 318 g/mol. The minimum atomic E-state index is -0.205. The van der Waals surface area contributed by atoms with E-state index in [4.69, 9.17) is 11.6 Å². The molecule has 0 fully saturated rings. The fourth-order valence-corrected chi connectivity index (χ4v) is 2.92. The fraction of sp³-hybridized carbons (Fsp3) is 0.375. The maximum Gasteiger partial charge on any atom is 0.238 e. The van der Waals surface area contributed by atoms with Crippen molar-refractivity contribution in [2.24, 2.45) is 5.92 Å². The second kappa shape index (κ2) is 7.70. The number of hydrogen-bond acceptors (Lipinski definition) is 3. The molecule has 0 aliphatic heterocycles. The van der Waals surface area contributed by atoms with Crippen LogP contribution in [0.15, 0.2) is 41.4 Å². The van der Waals surface area contributed by atoms with Gasteiger partial charge in [0.15, 0.2) is 0 Å². The van der Waals surface area contributed by atoms with Crippen molar-refractivity contribution < 1.29 is 4.79 Å². The van der Waals surface area contributed by atoms with Crippen LogP contribution in [0, 0.1) is 5.92 Å². The van der Waals surface area contributed by atoms with Gasteiger partial charge < -0.3 is 5.32 Å². The number of carbonyl (C=O) groups is 1. The summed E-state index contributed by atoms with van der Waals surface area (Å²) in [7, 11) is 0. The lowest BCUT2D eigenvalue weighted by Gasteiger charge is -2.14. The predicted molar refractivity (Wildman–Crippen MR) is 92.5 cm³/mol. The summed E-state index contributed by atoms with van der Waals surface area (Å²) in [5.41, 5.74) is 0. The maximum atomic E-state index is 12.3. The summed E-state index contributed by atoms with van der Waals surface area (Å²) in [5, 5.41) is 7.67. The summed E-state index contributed by atoms with van der Waals surface area (Å²) in [6, 6.07) is 9.30. The third kappa shape index (κ3) is 4.78. The second-order valence-electron chi connectivity index (χ2n) is 5.50. The Morgan fingerprint density at radius 2 is 1.95 bits per heavy atom. The zero-order chi connectivity index (χ0) is 16.1. The Morgan fingerprint density at radius 1 is 1.27 bits per heavy atom. The summed E-state index contributed by atoms with van der Waals surface area (Å²) in [6.45, 7) is 6.90. The van der Waals surface area contributed by atoms with Crippen LogP contribution in [0.2, 0.25) is 5.02 Å². The van der Waals surface area contributed by atoms with Gasteiger partial charge in [0.2, 0.25) is 5.91 Å². The van der Waals surface area contributed by atoms with Crippen LogP contribution in [0.25, 0.3) is 0 Å². The minimum absolute atomic E-state index is 0.0366. The molecule has 1 unspecified atom stereocenters. The lowest BCUT2D eigenvalue weighted by Crippen LogP contribution is -2.24. The SMILES string of the molecule is CC(C)Cn1nccc1NC(=O)C(C)Sc1ccc(Cl)cc1. The van der Waals surface area contributed by atoms with Gasteiger partial charge in [0.25, 0.3) is 0 Å². The first-order chi connectivity index (χ1) is 10.5. The number of nitrogens with one attached hydrogen (secondary N) is 1. The average Bonchev–Trinajstić information content (AvgIpc) is 2.87. The van der Waals surface area contributed by atoms with Crippen molar-refractivity contribution >= 4 is 35.1 Å². The van der Waals surface area contributed by atoms with Gasteiger partial charge in [0.05, 0.1) is 11.4 Å². The molecule has 0 radical (unpaired) electrons. The highest BCUT2D eigenvalue weighted by Crippen LogP contribution is 2.25. The Hall–Kier alpha value is -1.46. The number of benzene rings is 1. The van der Waals surface area contributed by atoms with Gasteiger partial charge in [-0.2, -0.15) is 5.10 Å². The van der Waals surface area contributed by atoms with E-state index in [1.807, 2.05) is 41.9 Å². The van der Waals surface area contributed by atoms with E-state index in [1.165, 1.54) is 11.8 Å². The standard InChI is InChI=1S/C16H20ClN3OS/c1-11(2)10-20-15(8-9-18-20)19-16(21)12(3)22-14-6-4-13(17)5-7-14/h4-9,11-12H,10H2,1-3H3,(H,19,21). The second-order valence-corrected chi connectivity index (χ2v) is 7.35. The first-order valence-corrected chi connectivity index (χ1v) is 8.46. The molecule has 118 valence electrons. The molecule has 1 amide bonds. The number of rotatable bonds is 6. The summed E-state index contributed by atoms with van der Waals surface area (Å²) in [4.78, 5) is 13.3. The van der Waals surface area contributed by atoms with Gasteiger partial charge in [-0.05, 0) is 37.1 Å². The van der Waals surface area contributed by atoms with E-state index in [-0.39, 0.29) is 11.2 Å². The average molecular weight is 338 g/mol. The van der Waals surface area contributed by atoms with Gasteiger partial charge in [-0.3, -0.25) is 4.79 Å². The van der Waals surface area contributed by atoms with Crippen molar-refractivity contribution in [1.82, 2.24) is 9.78 Å². The molecule has 0 saturated carbocycles. The number of amides is 1. The van der Waals surface area contributed by atoms with Crippen molar-refractivity contribution in [3.8, 4) is 0 Å². The van der Waals surface area contributed by atoms with E-state index < -0.39 is 0 Å². The van der Waals surface area contributed by atoms with Crippen molar-refractivity contribution in [2.45, 2.75) is 37.5 Å². The Labute approximate surface area is 140 Å². The Kier molecular flexibility index (Phi) is 5.91. The van der Waals surface area contributed by atoms with Crippen LogP contribution in [0.5, 0.6) is 0 Å². The highest BCUT2D eigenvalue weighted by molar-refractivity contribution is 8.00. The Morgan fingerprint density at radius 3 is 2.59 bits per heavy atom. The van der Waals surface area contributed by atoms with Crippen LogP contribution in [0.4, 0.5) is 5.82 Å². The number of carbonyl (C=O) groups excluding carboxylic acids is 1. The first kappa shape index (κ1) is 16.9. The van der Waals surface area contributed by atoms with Gasteiger partial charge in [-0.15, -0.1) is 11.8 Å². The zero-order valence-electron chi connectivity index (χ0n) is 12.9. The highest BCUT2D eigenvalue weighted by atomic mass is 35.5. The summed E-state index contributed by atoms with van der Waals surface area (Å²) < 4.78 is 1.82. The number of hydrogen-bond donors (Lipinski definition) is 1. The van der Waals surface area contributed by atoms with Crippen LogP contribution >= 0.6 is 23.4 Å². The van der Waals surface area contributed by atoms with E-state index >= 15 is 0 Å². The minimum Gasteiger partial charge on any atom is -0.310 e. The largest absolute Gasteiger partial charge is 0.310 e. The maximum absolute atomic E-state index is 12.3. The molecule has 0 saturated heterocycles. The fourth-order valence-electron chi connectivity index (χ4n) is 1.93. The van der Waals surface area contributed by atoms with Crippen molar-refractivity contribution in [3.63, 3.8) is 0 Å². The quantitative estimate of drug-likeness (QED) is 0.799. The van der Waals surface area contributed by atoms with Gasteiger partial charge in [-0.1, -0.05) is 25.4 Å². The molecule has 0 aliphatic carbocycles. The van der Waals surface area contributed by atoms with Crippen LogP contribution in [-0.2, 0) is 11.3 Å². The highest BCUT2D eigenvalue weighted by Gasteiger charge is 2.16. The van der Waals surface area contributed by atoms with Crippen LogP contribution in [0.3, 0.4) is 0 Å².